The van der Waals surface area contributed by atoms with Gasteiger partial charge in [-0.25, -0.2) is 5.48 Å². The number of amides is 2. The van der Waals surface area contributed by atoms with Gasteiger partial charge in [0, 0.05) is 36.7 Å². The van der Waals surface area contributed by atoms with Gasteiger partial charge < -0.3 is 10.6 Å². The molecule has 0 fully saturated rings. The van der Waals surface area contributed by atoms with Crippen LogP contribution < -0.4 is 16.1 Å². The lowest BCUT2D eigenvalue weighted by Gasteiger charge is -2.11. The van der Waals surface area contributed by atoms with E-state index in [1.54, 1.807) is 11.5 Å². The Labute approximate surface area is 128 Å². The third kappa shape index (κ3) is 3.53. The monoisotopic (exact) mass is 301 g/mol. The maximum absolute atomic E-state index is 12.3. The molecule has 0 aromatic heterocycles. The molecule has 0 saturated carbocycles. The quantitative estimate of drug-likeness (QED) is 0.372. The van der Waals surface area contributed by atoms with Crippen molar-refractivity contribution in [1.29, 1.82) is 0 Å². The number of carbonyl (C=O) groups excluding carboxylic acids is 2. The molecule has 0 aliphatic rings. The number of anilines is 1. The summed E-state index contributed by atoms with van der Waals surface area (Å²) in [6.07, 6.45) is 0.626. The van der Waals surface area contributed by atoms with Crippen LogP contribution >= 0.6 is 0 Å². The second-order valence-electron chi connectivity index (χ2n) is 4.85. The molecule has 2 aromatic carbocycles. The SMILES string of the molecule is CNc1ccc(C(=O)NCCCC(=O)NO)c2ccccc12. The van der Waals surface area contributed by atoms with Gasteiger partial charge in [0.15, 0.2) is 0 Å². The highest BCUT2D eigenvalue weighted by Gasteiger charge is 2.11. The van der Waals surface area contributed by atoms with Crippen LogP contribution in [0.15, 0.2) is 36.4 Å². The number of hydrogen-bond acceptors (Lipinski definition) is 4. The molecule has 0 saturated heterocycles. The van der Waals surface area contributed by atoms with E-state index in [-0.39, 0.29) is 12.3 Å². The first-order valence-electron chi connectivity index (χ1n) is 7.08. The van der Waals surface area contributed by atoms with Gasteiger partial charge in [-0.15, -0.1) is 0 Å². The van der Waals surface area contributed by atoms with E-state index in [1.165, 1.54) is 0 Å². The molecule has 0 aliphatic heterocycles. The van der Waals surface area contributed by atoms with Crippen LogP contribution in [-0.4, -0.2) is 30.6 Å². The van der Waals surface area contributed by atoms with Gasteiger partial charge >= 0.3 is 0 Å². The van der Waals surface area contributed by atoms with Crippen LogP contribution in [0.3, 0.4) is 0 Å². The van der Waals surface area contributed by atoms with E-state index in [0.717, 1.165) is 16.5 Å². The summed E-state index contributed by atoms with van der Waals surface area (Å²) in [5.41, 5.74) is 3.13. The fourth-order valence-electron chi connectivity index (χ4n) is 2.32. The predicted octanol–water partition coefficient (Wildman–Crippen LogP) is 1.90. The highest BCUT2D eigenvalue weighted by atomic mass is 16.5. The van der Waals surface area contributed by atoms with Crippen molar-refractivity contribution in [3.8, 4) is 0 Å². The normalized spacial score (nSPS) is 10.3. The average molecular weight is 301 g/mol. The van der Waals surface area contributed by atoms with Crippen LogP contribution in [0.2, 0.25) is 0 Å². The summed E-state index contributed by atoms with van der Waals surface area (Å²) in [5.74, 6) is -0.638. The predicted molar refractivity (Wildman–Crippen MR) is 85.0 cm³/mol. The lowest BCUT2D eigenvalue weighted by molar-refractivity contribution is -0.129. The highest BCUT2D eigenvalue weighted by Crippen LogP contribution is 2.26. The van der Waals surface area contributed by atoms with Crippen LogP contribution in [0, 0.1) is 0 Å². The second kappa shape index (κ2) is 7.42. The molecule has 4 N–H and O–H groups in total. The molecule has 0 aliphatic carbocycles. The summed E-state index contributed by atoms with van der Waals surface area (Å²) in [6.45, 7) is 0.369. The summed E-state index contributed by atoms with van der Waals surface area (Å²) < 4.78 is 0. The van der Waals surface area contributed by atoms with E-state index in [4.69, 9.17) is 5.21 Å². The number of fused-ring (bicyclic) bond motifs is 1. The fraction of sp³-hybridized carbons (Fsp3) is 0.250. The first-order chi connectivity index (χ1) is 10.7. The molecule has 0 heterocycles. The van der Waals surface area contributed by atoms with E-state index in [2.05, 4.69) is 10.6 Å². The van der Waals surface area contributed by atoms with Crippen molar-refractivity contribution in [2.75, 3.05) is 18.9 Å². The smallest absolute Gasteiger partial charge is 0.251 e. The summed E-state index contributed by atoms with van der Waals surface area (Å²) in [6, 6.07) is 11.3. The minimum absolute atomic E-state index is 0.163. The first-order valence-corrected chi connectivity index (χ1v) is 7.08. The van der Waals surface area contributed by atoms with E-state index < -0.39 is 5.91 Å². The minimum Gasteiger partial charge on any atom is -0.388 e. The van der Waals surface area contributed by atoms with E-state index >= 15 is 0 Å². The Kier molecular flexibility index (Phi) is 5.32. The Bertz CT molecular complexity index is 685. The summed E-state index contributed by atoms with van der Waals surface area (Å²) in [5, 5.41) is 16.1. The molecule has 0 radical (unpaired) electrons. The second-order valence-corrected chi connectivity index (χ2v) is 4.85. The van der Waals surface area contributed by atoms with Gasteiger partial charge in [0.1, 0.15) is 0 Å². The maximum Gasteiger partial charge on any atom is 0.251 e. The molecule has 2 rings (SSSR count). The van der Waals surface area contributed by atoms with E-state index in [0.29, 0.717) is 18.5 Å². The first kappa shape index (κ1) is 15.8. The maximum atomic E-state index is 12.3. The molecule has 0 spiro atoms. The van der Waals surface area contributed by atoms with Crippen molar-refractivity contribution in [3.05, 3.63) is 42.0 Å². The standard InChI is InChI=1S/C16H19N3O3/c1-17-14-9-8-13(11-5-2-3-6-12(11)14)16(21)18-10-4-7-15(20)19-22/h2-3,5-6,8-9,17,22H,4,7,10H2,1H3,(H,18,21)(H,19,20). The van der Waals surface area contributed by atoms with Crippen LogP contribution in [0.1, 0.15) is 23.2 Å². The van der Waals surface area contributed by atoms with Crippen molar-refractivity contribution in [2.45, 2.75) is 12.8 Å². The van der Waals surface area contributed by atoms with E-state index in [9.17, 15) is 9.59 Å². The summed E-state index contributed by atoms with van der Waals surface area (Å²) >= 11 is 0. The van der Waals surface area contributed by atoms with Crippen molar-refractivity contribution in [1.82, 2.24) is 10.8 Å². The molecule has 0 unspecified atom stereocenters. The van der Waals surface area contributed by atoms with Crippen molar-refractivity contribution < 1.29 is 14.8 Å². The lowest BCUT2D eigenvalue weighted by atomic mass is 10.0. The van der Waals surface area contributed by atoms with Gasteiger partial charge in [0.25, 0.3) is 5.91 Å². The lowest BCUT2D eigenvalue weighted by Crippen LogP contribution is -2.26. The van der Waals surface area contributed by atoms with E-state index in [1.807, 2.05) is 37.4 Å². The molecule has 2 aromatic rings. The molecule has 6 heteroatoms. The molecule has 116 valence electrons. The van der Waals surface area contributed by atoms with Gasteiger partial charge in [-0.05, 0) is 23.9 Å². The number of hydrogen-bond donors (Lipinski definition) is 4. The fourth-order valence-corrected chi connectivity index (χ4v) is 2.32. The molecular formula is C16H19N3O3. The molecule has 0 atom stereocenters. The Morgan fingerprint density at radius 3 is 2.50 bits per heavy atom. The Morgan fingerprint density at radius 2 is 1.82 bits per heavy atom. The third-order valence-corrected chi connectivity index (χ3v) is 3.43. The van der Waals surface area contributed by atoms with Crippen LogP contribution in [0.25, 0.3) is 10.8 Å². The van der Waals surface area contributed by atoms with Crippen molar-refractivity contribution in [3.63, 3.8) is 0 Å². The van der Waals surface area contributed by atoms with Crippen molar-refractivity contribution in [2.24, 2.45) is 0 Å². The molecule has 22 heavy (non-hydrogen) atoms. The number of rotatable bonds is 6. The zero-order valence-corrected chi connectivity index (χ0v) is 12.3. The Balaban J connectivity index is 2.10. The average Bonchev–Trinajstić information content (AvgIpc) is 2.57. The molecule has 2 amide bonds. The Hall–Kier alpha value is -2.60. The number of benzene rings is 2. The van der Waals surface area contributed by atoms with Gasteiger partial charge in [-0.2, -0.15) is 0 Å². The minimum atomic E-state index is -0.460. The zero-order valence-electron chi connectivity index (χ0n) is 12.3. The van der Waals surface area contributed by atoms with Crippen molar-refractivity contribution >= 4 is 28.3 Å². The zero-order chi connectivity index (χ0) is 15.9. The van der Waals surface area contributed by atoms with Gasteiger partial charge in [-0.3, -0.25) is 14.8 Å². The highest BCUT2D eigenvalue weighted by molar-refractivity contribution is 6.10. The Morgan fingerprint density at radius 1 is 1.09 bits per heavy atom. The number of hydroxylamine groups is 1. The van der Waals surface area contributed by atoms with Crippen LogP contribution in [-0.2, 0) is 4.79 Å². The van der Waals surface area contributed by atoms with Gasteiger partial charge in [0.2, 0.25) is 5.91 Å². The molecule has 6 nitrogen and oxygen atoms in total. The van der Waals surface area contributed by atoms with Gasteiger partial charge in [0.05, 0.1) is 0 Å². The molecule has 0 bridgehead atoms. The van der Waals surface area contributed by atoms with Crippen LogP contribution in [0.4, 0.5) is 5.69 Å². The summed E-state index contributed by atoms with van der Waals surface area (Å²) in [4.78, 5) is 23.2. The number of nitrogens with one attached hydrogen (secondary N) is 3. The van der Waals surface area contributed by atoms with Gasteiger partial charge in [-0.1, -0.05) is 24.3 Å². The number of carbonyl (C=O) groups is 2. The van der Waals surface area contributed by atoms with Crippen LogP contribution in [0.5, 0.6) is 0 Å². The largest absolute Gasteiger partial charge is 0.388 e. The molecular weight excluding hydrogens is 282 g/mol. The topological polar surface area (TPSA) is 90.5 Å². The summed E-state index contributed by atoms with van der Waals surface area (Å²) in [7, 11) is 1.84. The third-order valence-electron chi connectivity index (χ3n) is 3.43.